The predicted molar refractivity (Wildman–Crippen MR) is 77.9 cm³/mol. The Balaban J connectivity index is 3.25. The van der Waals surface area contributed by atoms with Crippen LogP contribution in [-0.2, 0) is 4.79 Å². The number of carbonyl (C=O) groups is 1. The highest BCUT2D eigenvalue weighted by Crippen LogP contribution is 2.27. The summed E-state index contributed by atoms with van der Waals surface area (Å²) in [5.41, 5.74) is 0.988. The molecule has 7 nitrogen and oxygen atoms in total. The van der Waals surface area contributed by atoms with Crippen molar-refractivity contribution in [1.29, 1.82) is 5.26 Å². The molecule has 1 aromatic rings. The second-order valence-electron chi connectivity index (χ2n) is 4.16. The Bertz CT molecular complexity index is 605. The van der Waals surface area contributed by atoms with Gasteiger partial charge < -0.3 is 10.0 Å². The van der Waals surface area contributed by atoms with Gasteiger partial charge in [-0.3, -0.25) is 10.1 Å². The van der Waals surface area contributed by atoms with Crippen LogP contribution in [0, 0.1) is 21.4 Å². The van der Waals surface area contributed by atoms with Crippen LogP contribution in [0.1, 0.15) is 18.9 Å². The molecule has 7 heteroatoms. The molecule has 0 saturated carbocycles. The zero-order chi connectivity index (χ0) is 15.8. The van der Waals surface area contributed by atoms with E-state index in [2.05, 4.69) is 0 Å². The van der Waals surface area contributed by atoms with Crippen LogP contribution in [0.2, 0.25) is 0 Å². The summed E-state index contributed by atoms with van der Waals surface area (Å²) < 4.78 is 0. The maximum absolute atomic E-state index is 10.8. The van der Waals surface area contributed by atoms with Crippen molar-refractivity contribution in [3.8, 4) is 6.07 Å². The van der Waals surface area contributed by atoms with Crippen LogP contribution < -0.4 is 4.90 Å². The van der Waals surface area contributed by atoms with E-state index in [-0.39, 0.29) is 5.69 Å². The first-order chi connectivity index (χ1) is 9.99. The van der Waals surface area contributed by atoms with Crippen molar-refractivity contribution in [2.45, 2.75) is 13.3 Å². The van der Waals surface area contributed by atoms with E-state index >= 15 is 0 Å². The number of nitro groups is 1. The molecular weight excluding hydrogens is 274 g/mol. The second kappa shape index (κ2) is 7.65. The lowest BCUT2D eigenvalue weighted by Gasteiger charge is -2.23. The van der Waals surface area contributed by atoms with E-state index in [1.165, 1.54) is 18.2 Å². The maximum atomic E-state index is 10.8. The minimum absolute atomic E-state index is 0.111. The third-order valence-electron chi connectivity index (χ3n) is 2.84. The van der Waals surface area contributed by atoms with Crippen molar-refractivity contribution < 1.29 is 14.8 Å². The third-order valence-corrected chi connectivity index (χ3v) is 2.84. The van der Waals surface area contributed by atoms with Gasteiger partial charge in [-0.15, -0.1) is 0 Å². The number of nitriles is 1. The predicted octanol–water partition coefficient (Wildman–Crippen LogP) is 2.43. The quantitative estimate of drug-likeness (QED) is 0.469. The molecule has 1 rings (SSSR count). The number of nitro benzene ring substituents is 1. The van der Waals surface area contributed by atoms with E-state index in [0.29, 0.717) is 30.8 Å². The SMILES string of the molecule is CCN(CCC#N)c1ccc([N+](=O)[O-])cc1C=CC(=O)O. The fourth-order valence-corrected chi connectivity index (χ4v) is 1.87. The fourth-order valence-electron chi connectivity index (χ4n) is 1.87. The summed E-state index contributed by atoms with van der Waals surface area (Å²) in [6.45, 7) is 2.97. The van der Waals surface area contributed by atoms with Gasteiger partial charge in [-0.05, 0) is 19.1 Å². The summed E-state index contributed by atoms with van der Waals surface area (Å²) >= 11 is 0. The number of benzene rings is 1. The first-order valence-electron chi connectivity index (χ1n) is 6.31. The van der Waals surface area contributed by atoms with Crippen molar-refractivity contribution in [2.75, 3.05) is 18.0 Å². The van der Waals surface area contributed by atoms with Crippen LogP contribution in [0.25, 0.3) is 6.08 Å². The second-order valence-corrected chi connectivity index (χ2v) is 4.16. The first kappa shape index (κ1) is 16.2. The Labute approximate surface area is 121 Å². The number of non-ortho nitro benzene ring substituents is 1. The highest BCUT2D eigenvalue weighted by molar-refractivity contribution is 5.87. The van der Waals surface area contributed by atoms with Crippen molar-refractivity contribution in [3.63, 3.8) is 0 Å². The van der Waals surface area contributed by atoms with Gasteiger partial charge in [-0.2, -0.15) is 5.26 Å². The maximum Gasteiger partial charge on any atom is 0.328 e. The lowest BCUT2D eigenvalue weighted by atomic mass is 10.1. The van der Waals surface area contributed by atoms with E-state index in [1.807, 2.05) is 17.9 Å². The molecule has 0 heterocycles. The van der Waals surface area contributed by atoms with Crippen LogP contribution in [0.4, 0.5) is 11.4 Å². The summed E-state index contributed by atoms with van der Waals surface area (Å²) in [6, 6.07) is 6.30. The zero-order valence-electron chi connectivity index (χ0n) is 11.5. The Kier molecular flexibility index (Phi) is 5.89. The van der Waals surface area contributed by atoms with E-state index < -0.39 is 10.9 Å². The summed E-state index contributed by atoms with van der Waals surface area (Å²) in [5.74, 6) is -1.13. The molecule has 0 bridgehead atoms. The van der Waals surface area contributed by atoms with Crippen LogP contribution in [0.15, 0.2) is 24.3 Å². The first-order valence-corrected chi connectivity index (χ1v) is 6.31. The molecule has 1 aromatic carbocycles. The lowest BCUT2D eigenvalue weighted by molar-refractivity contribution is -0.384. The van der Waals surface area contributed by atoms with Gasteiger partial charge >= 0.3 is 5.97 Å². The van der Waals surface area contributed by atoms with Gasteiger partial charge in [-0.1, -0.05) is 0 Å². The monoisotopic (exact) mass is 289 g/mol. The average molecular weight is 289 g/mol. The number of rotatable bonds is 7. The number of aliphatic carboxylic acids is 1. The third kappa shape index (κ3) is 4.62. The minimum atomic E-state index is -1.13. The number of hydrogen-bond donors (Lipinski definition) is 1. The van der Waals surface area contributed by atoms with E-state index in [9.17, 15) is 14.9 Å². The normalized spacial score (nSPS) is 10.3. The highest BCUT2D eigenvalue weighted by Gasteiger charge is 2.13. The van der Waals surface area contributed by atoms with Crippen molar-refractivity contribution in [3.05, 3.63) is 40.0 Å². The van der Waals surface area contributed by atoms with Crippen LogP contribution >= 0.6 is 0 Å². The summed E-state index contributed by atoms with van der Waals surface area (Å²) in [4.78, 5) is 22.8. The van der Waals surface area contributed by atoms with Gasteiger partial charge in [0.2, 0.25) is 0 Å². The van der Waals surface area contributed by atoms with Gasteiger partial charge in [0.1, 0.15) is 0 Å². The van der Waals surface area contributed by atoms with Gasteiger partial charge in [0, 0.05) is 42.5 Å². The van der Waals surface area contributed by atoms with E-state index in [0.717, 1.165) is 6.08 Å². The summed E-state index contributed by atoms with van der Waals surface area (Å²) in [5, 5.41) is 28.2. The molecular formula is C14H15N3O4. The van der Waals surface area contributed by atoms with Crippen molar-refractivity contribution >= 4 is 23.4 Å². The largest absolute Gasteiger partial charge is 0.478 e. The van der Waals surface area contributed by atoms with Crippen LogP contribution in [0.5, 0.6) is 0 Å². The highest BCUT2D eigenvalue weighted by atomic mass is 16.6. The number of anilines is 1. The molecule has 0 aliphatic rings. The smallest absolute Gasteiger partial charge is 0.328 e. The molecule has 0 aliphatic carbocycles. The Morgan fingerprint density at radius 1 is 1.57 bits per heavy atom. The van der Waals surface area contributed by atoms with E-state index in [4.69, 9.17) is 10.4 Å². The molecule has 0 amide bonds. The molecule has 0 aliphatic heterocycles. The van der Waals surface area contributed by atoms with Crippen molar-refractivity contribution in [2.24, 2.45) is 0 Å². The molecule has 0 fully saturated rings. The summed E-state index contributed by atoms with van der Waals surface area (Å²) in [7, 11) is 0. The molecule has 0 spiro atoms. The number of carboxylic acid groups (broad SMARTS) is 1. The van der Waals surface area contributed by atoms with Gasteiger partial charge in [0.15, 0.2) is 0 Å². The molecule has 0 radical (unpaired) electrons. The molecule has 0 aromatic heterocycles. The Hall–Kier alpha value is -2.88. The van der Waals surface area contributed by atoms with Gasteiger partial charge in [-0.25, -0.2) is 4.79 Å². The van der Waals surface area contributed by atoms with E-state index in [1.54, 1.807) is 6.07 Å². The van der Waals surface area contributed by atoms with Crippen molar-refractivity contribution in [1.82, 2.24) is 0 Å². The number of nitrogens with zero attached hydrogens (tertiary/aromatic N) is 3. The topological polar surface area (TPSA) is 107 Å². The van der Waals surface area contributed by atoms with Gasteiger partial charge in [0.25, 0.3) is 5.69 Å². The van der Waals surface area contributed by atoms with Crippen LogP contribution in [0.3, 0.4) is 0 Å². The number of hydrogen-bond acceptors (Lipinski definition) is 5. The zero-order valence-corrected chi connectivity index (χ0v) is 11.5. The number of carboxylic acids is 1. The molecule has 1 N–H and O–H groups in total. The Morgan fingerprint density at radius 2 is 2.29 bits per heavy atom. The fraction of sp³-hybridized carbons (Fsp3) is 0.286. The van der Waals surface area contributed by atoms with Gasteiger partial charge in [0.05, 0.1) is 17.4 Å². The minimum Gasteiger partial charge on any atom is -0.478 e. The average Bonchev–Trinajstić information content (AvgIpc) is 2.46. The summed E-state index contributed by atoms with van der Waals surface area (Å²) in [6.07, 6.45) is 2.56. The molecule has 0 saturated heterocycles. The molecule has 110 valence electrons. The standard InChI is InChI=1S/C14H15N3O4/c1-2-16(9-3-8-15)13-6-5-12(17(20)21)10-11(13)4-7-14(18)19/h4-7,10H,2-3,9H2,1H3,(H,18,19). The lowest BCUT2D eigenvalue weighted by Crippen LogP contribution is -2.24. The molecule has 0 atom stereocenters. The van der Waals surface area contributed by atoms with Crippen LogP contribution in [-0.4, -0.2) is 29.1 Å². The molecule has 21 heavy (non-hydrogen) atoms. The Morgan fingerprint density at radius 3 is 2.81 bits per heavy atom. The molecule has 0 unspecified atom stereocenters.